The molecular formula is C13H21N3O. The summed E-state index contributed by atoms with van der Waals surface area (Å²) in [7, 11) is 2.00. The second-order valence-corrected chi connectivity index (χ2v) is 4.06. The van der Waals surface area contributed by atoms with Crippen LogP contribution >= 0.6 is 0 Å². The van der Waals surface area contributed by atoms with Crippen molar-refractivity contribution in [1.82, 2.24) is 5.32 Å². The maximum atomic E-state index is 11.4. The molecule has 1 aromatic rings. The van der Waals surface area contributed by atoms with Crippen LogP contribution in [0.4, 0.5) is 5.69 Å². The first-order valence-electron chi connectivity index (χ1n) is 5.94. The number of likely N-dealkylation sites (N-methyl/N-ethyl adjacent to an activating group) is 1. The third-order valence-electron chi connectivity index (χ3n) is 2.72. The van der Waals surface area contributed by atoms with Gasteiger partial charge in [-0.05, 0) is 18.6 Å². The highest BCUT2D eigenvalue weighted by atomic mass is 16.2. The Balaban J connectivity index is 2.30. The number of nitrogens with two attached hydrogens (primary N) is 1. The highest BCUT2D eigenvalue weighted by molar-refractivity contribution is 5.81. The lowest BCUT2D eigenvalue weighted by Gasteiger charge is -2.20. The SMILES string of the molecule is CCC(N)C(=O)NCCN(C)c1ccccc1. The average Bonchev–Trinajstić information content (AvgIpc) is 2.38. The largest absolute Gasteiger partial charge is 0.373 e. The van der Waals surface area contributed by atoms with Gasteiger partial charge in [0.1, 0.15) is 0 Å². The summed E-state index contributed by atoms with van der Waals surface area (Å²) in [4.78, 5) is 13.5. The molecule has 0 aliphatic heterocycles. The third-order valence-corrected chi connectivity index (χ3v) is 2.72. The molecule has 0 aromatic heterocycles. The van der Waals surface area contributed by atoms with Crippen LogP contribution in [0.15, 0.2) is 30.3 Å². The van der Waals surface area contributed by atoms with E-state index in [-0.39, 0.29) is 5.91 Å². The zero-order chi connectivity index (χ0) is 12.7. The van der Waals surface area contributed by atoms with E-state index in [1.54, 1.807) is 0 Å². The Morgan fingerprint density at radius 3 is 2.65 bits per heavy atom. The Morgan fingerprint density at radius 1 is 1.41 bits per heavy atom. The Labute approximate surface area is 103 Å². The van der Waals surface area contributed by atoms with Crippen LogP contribution in [0.2, 0.25) is 0 Å². The molecular weight excluding hydrogens is 214 g/mol. The Morgan fingerprint density at radius 2 is 2.06 bits per heavy atom. The Bertz CT molecular complexity index is 340. The van der Waals surface area contributed by atoms with Crippen molar-refractivity contribution in [3.8, 4) is 0 Å². The summed E-state index contributed by atoms with van der Waals surface area (Å²) in [6, 6.07) is 9.67. The van der Waals surface area contributed by atoms with Gasteiger partial charge in [0.25, 0.3) is 0 Å². The van der Waals surface area contributed by atoms with Crippen molar-refractivity contribution in [1.29, 1.82) is 0 Å². The minimum Gasteiger partial charge on any atom is -0.373 e. The number of carbonyl (C=O) groups is 1. The number of hydrogen-bond acceptors (Lipinski definition) is 3. The molecule has 0 bridgehead atoms. The van der Waals surface area contributed by atoms with Gasteiger partial charge in [-0.1, -0.05) is 25.1 Å². The molecule has 1 unspecified atom stereocenters. The zero-order valence-electron chi connectivity index (χ0n) is 10.5. The van der Waals surface area contributed by atoms with Crippen molar-refractivity contribution >= 4 is 11.6 Å². The molecule has 0 aliphatic carbocycles. The van der Waals surface area contributed by atoms with Crippen molar-refractivity contribution in [2.24, 2.45) is 5.73 Å². The maximum absolute atomic E-state index is 11.4. The van der Waals surface area contributed by atoms with Gasteiger partial charge < -0.3 is 16.0 Å². The second-order valence-electron chi connectivity index (χ2n) is 4.06. The number of hydrogen-bond donors (Lipinski definition) is 2. The molecule has 94 valence electrons. The van der Waals surface area contributed by atoms with Gasteiger partial charge in [0.05, 0.1) is 6.04 Å². The zero-order valence-corrected chi connectivity index (χ0v) is 10.5. The van der Waals surface area contributed by atoms with Gasteiger partial charge in [0.15, 0.2) is 0 Å². The molecule has 1 amide bonds. The van der Waals surface area contributed by atoms with Gasteiger partial charge in [-0.15, -0.1) is 0 Å². The van der Waals surface area contributed by atoms with E-state index in [0.717, 1.165) is 12.2 Å². The van der Waals surface area contributed by atoms with E-state index in [9.17, 15) is 4.79 Å². The Kier molecular flexibility index (Phi) is 5.49. The maximum Gasteiger partial charge on any atom is 0.236 e. The van der Waals surface area contributed by atoms with Crippen molar-refractivity contribution in [3.05, 3.63) is 30.3 Å². The van der Waals surface area contributed by atoms with Crippen molar-refractivity contribution in [2.45, 2.75) is 19.4 Å². The molecule has 0 saturated heterocycles. The summed E-state index contributed by atoms with van der Waals surface area (Å²) in [6.45, 7) is 3.28. The third kappa shape index (κ3) is 4.44. The number of benzene rings is 1. The molecule has 1 atom stereocenters. The number of nitrogens with one attached hydrogen (secondary N) is 1. The second kappa shape index (κ2) is 6.91. The van der Waals surface area contributed by atoms with E-state index in [1.807, 2.05) is 44.3 Å². The van der Waals surface area contributed by atoms with E-state index >= 15 is 0 Å². The van der Waals surface area contributed by atoms with Gasteiger partial charge in [-0.2, -0.15) is 0 Å². The normalized spacial score (nSPS) is 11.9. The fourth-order valence-corrected chi connectivity index (χ4v) is 1.47. The van der Waals surface area contributed by atoms with E-state index in [0.29, 0.717) is 13.0 Å². The molecule has 3 N–H and O–H groups in total. The molecule has 17 heavy (non-hydrogen) atoms. The number of carbonyl (C=O) groups excluding carboxylic acids is 1. The van der Waals surface area contributed by atoms with Crippen LogP contribution in [0.25, 0.3) is 0 Å². The number of para-hydroxylation sites is 1. The molecule has 0 fully saturated rings. The number of amides is 1. The average molecular weight is 235 g/mol. The number of nitrogens with zero attached hydrogens (tertiary/aromatic N) is 1. The summed E-state index contributed by atoms with van der Waals surface area (Å²) in [5.41, 5.74) is 6.76. The highest BCUT2D eigenvalue weighted by Crippen LogP contribution is 2.09. The van der Waals surface area contributed by atoms with Crippen LogP contribution in [0.5, 0.6) is 0 Å². The van der Waals surface area contributed by atoms with Gasteiger partial charge in [0.2, 0.25) is 5.91 Å². The van der Waals surface area contributed by atoms with Gasteiger partial charge in [-0.3, -0.25) is 4.79 Å². The molecule has 0 heterocycles. The van der Waals surface area contributed by atoms with Crippen molar-refractivity contribution < 1.29 is 4.79 Å². The van der Waals surface area contributed by atoms with Crippen molar-refractivity contribution in [3.63, 3.8) is 0 Å². The minimum absolute atomic E-state index is 0.0750. The van der Waals surface area contributed by atoms with Crippen LogP contribution in [0.3, 0.4) is 0 Å². The lowest BCUT2D eigenvalue weighted by Crippen LogP contribution is -2.42. The Hall–Kier alpha value is -1.55. The quantitative estimate of drug-likeness (QED) is 0.772. The number of anilines is 1. The fourth-order valence-electron chi connectivity index (χ4n) is 1.47. The lowest BCUT2D eigenvalue weighted by atomic mass is 10.2. The minimum atomic E-state index is -0.392. The molecule has 1 aromatic carbocycles. The molecule has 0 spiro atoms. The smallest absolute Gasteiger partial charge is 0.236 e. The molecule has 0 radical (unpaired) electrons. The summed E-state index contributed by atoms with van der Waals surface area (Å²) in [6.07, 6.45) is 0.667. The van der Waals surface area contributed by atoms with Gasteiger partial charge in [0, 0.05) is 25.8 Å². The predicted molar refractivity (Wildman–Crippen MR) is 71.0 cm³/mol. The first-order chi connectivity index (χ1) is 8.15. The summed E-state index contributed by atoms with van der Waals surface area (Å²) in [5, 5.41) is 2.83. The van der Waals surface area contributed by atoms with E-state index in [2.05, 4.69) is 10.2 Å². The van der Waals surface area contributed by atoms with Gasteiger partial charge in [-0.25, -0.2) is 0 Å². The molecule has 0 aliphatic rings. The van der Waals surface area contributed by atoms with E-state index < -0.39 is 6.04 Å². The van der Waals surface area contributed by atoms with E-state index in [4.69, 9.17) is 5.73 Å². The van der Waals surface area contributed by atoms with Crippen LogP contribution < -0.4 is 16.0 Å². The summed E-state index contributed by atoms with van der Waals surface area (Å²) >= 11 is 0. The molecule has 4 nitrogen and oxygen atoms in total. The first kappa shape index (κ1) is 13.5. The molecule has 4 heteroatoms. The fraction of sp³-hybridized carbons (Fsp3) is 0.462. The standard InChI is InChI=1S/C13H21N3O/c1-3-12(14)13(17)15-9-10-16(2)11-7-5-4-6-8-11/h4-8,12H,3,9-10,14H2,1-2H3,(H,15,17). The van der Waals surface area contributed by atoms with Crippen LogP contribution in [-0.2, 0) is 4.79 Å². The monoisotopic (exact) mass is 235 g/mol. The van der Waals surface area contributed by atoms with Crippen LogP contribution in [0, 0.1) is 0 Å². The molecule has 0 saturated carbocycles. The lowest BCUT2D eigenvalue weighted by molar-refractivity contribution is -0.122. The van der Waals surface area contributed by atoms with E-state index in [1.165, 1.54) is 0 Å². The predicted octanol–water partition coefficient (Wildman–Crippen LogP) is 0.976. The number of rotatable bonds is 6. The highest BCUT2D eigenvalue weighted by Gasteiger charge is 2.09. The van der Waals surface area contributed by atoms with Gasteiger partial charge >= 0.3 is 0 Å². The molecule has 1 rings (SSSR count). The van der Waals surface area contributed by atoms with Crippen molar-refractivity contribution in [2.75, 3.05) is 25.0 Å². The van der Waals surface area contributed by atoms with Crippen LogP contribution in [0.1, 0.15) is 13.3 Å². The summed E-state index contributed by atoms with van der Waals surface area (Å²) in [5.74, 6) is -0.0750. The first-order valence-corrected chi connectivity index (χ1v) is 5.94. The van der Waals surface area contributed by atoms with Crippen LogP contribution in [-0.4, -0.2) is 32.1 Å². The summed E-state index contributed by atoms with van der Waals surface area (Å²) < 4.78 is 0. The topological polar surface area (TPSA) is 58.4 Å².